The lowest BCUT2D eigenvalue weighted by molar-refractivity contribution is 0.0697. The summed E-state index contributed by atoms with van der Waals surface area (Å²) in [7, 11) is 1.30. The lowest BCUT2D eigenvalue weighted by Gasteiger charge is -2.11. The number of carbonyl (C=O) groups excluding carboxylic acids is 1. The number of nitrogens with zero attached hydrogens (tertiary/aromatic N) is 1. The number of hydrogen-bond donors (Lipinski definition) is 2. The van der Waals surface area contributed by atoms with E-state index in [2.05, 4.69) is 22.0 Å². The highest BCUT2D eigenvalue weighted by molar-refractivity contribution is 5.96. The zero-order chi connectivity index (χ0) is 19.6. The van der Waals surface area contributed by atoms with Crippen LogP contribution in [0.4, 0.5) is 4.79 Å². The Hall–Kier alpha value is -3.15. The summed E-state index contributed by atoms with van der Waals surface area (Å²) in [6.07, 6.45) is 1.98. The number of amidine groups is 1. The zero-order valence-corrected chi connectivity index (χ0v) is 15.6. The monoisotopic (exact) mass is 368 g/mol. The molecule has 0 aromatic heterocycles. The molecule has 0 heterocycles. The van der Waals surface area contributed by atoms with Gasteiger partial charge in [-0.15, -0.1) is 0 Å². The van der Waals surface area contributed by atoms with Crippen molar-refractivity contribution >= 4 is 17.9 Å². The number of aliphatic imine (C=N–C) groups is 1. The molecule has 0 saturated heterocycles. The van der Waals surface area contributed by atoms with Crippen LogP contribution < -0.4 is 5.32 Å². The number of ether oxygens (including phenoxy) is 1. The minimum absolute atomic E-state index is 0.274. The van der Waals surface area contributed by atoms with Crippen LogP contribution in [0.15, 0.2) is 53.5 Å². The highest BCUT2D eigenvalue weighted by atomic mass is 16.5. The summed E-state index contributed by atoms with van der Waals surface area (Å²) in [6.45, 7) is 2.59. The van der Waals surface area contributed by atoms with Crippen molar-refractivity contribution in [3.8, 4) is 11.1 Å². The number of carbonyl (C=O) groups is 2. The minimum Gasteiger partial charge on any atom is -0.478 e. The van der Waals surface area contributed by atoms with Crippen LogP contribution in [-0.2, 0) is 11.3 Å². The molecule has 6 heteroatoms. The van der Waals surface area contributed by atoms with Gasteiger partial charge in [-0.05, 0) is 29.2 Å². The maximum Gasteiger partial charge on any atom is 0.434 e. The lowest BCUT2D eigenvalue weighted by atomic mass is 9.99. The summed E-state index contributed by atoms with van der Waals surface area (Å²) in [4.78, 5) is 26.7. The molecule has 0 bridgehead atoms. The molecule has 0 spiro atoms. The van der Waals surface area contributed by atoms with Crippen molar-refractivity contribution in [2.24, 2.45) is 4.99 Å². The van der Waals surface area contributed by atoms with Gasteiger partial charge >= 0.3 is 12.1 Å². The summed E-state index contributed by atoms with van der Waals surface area (Å²) >= 11 is 0. The molecule has 2 aromatic rings. The van der Waals surface area contributed by atoms with Crippen molar-refractivity contribution < 1.29 is 19.4 Å². The first kappa shape index (κ1) is 20.2. The number of carboxylic acid groups (broad SMARTS) is 1. The van der Waals surface area contributed by atoms with Gasteiger partial charge in [0, 0.05) is 13.0 Å². The van der Waals surface area contributed by atoms with Crippen LogP contribution in [0, 0.1) is 0 Å². The third-order valence-electron chi connectivity index (χ3n) is 4.09. The van der Waals surface area contributed by atoms with Gasteiger partial charge in [-0.3, -0.25) is 0 Å². The molecule has 0 aliphatic rings. The number of methoxy groups -OCH3 is 1. The van der Waals surface area contributed by atoms with E-state index in [0.717, 1.165) is 24.0 Å². The molecule has 0 radical (unpaired) electrons. The number of aromatic carboxylic acids is 1. The summed E-state index contributed by atoms with van der Waals surface area (Å²) in [5, 5.41) is 12.5. The van der Waals surface area contributed by atoms with Crippen LogP contribution in [0.1, 0.15) is 42.1 Å². The first-order valence-electron chi connectivity index (χ1n) is 8.86. The molecule has 0 saturated carbocycles. The molecule has 0 atom stereocenters. The maximum absolute atomic E-state index is 11.4. The Bertz CT molecular complexity index is 813. The van der Waals surface area contributed by atoms with Crippen molar-refractivity contribution in [3.05, 3.63) is 59.7 Å². The molecule has 2 N–H and O–H groups in total. The molecule has 0 aliphatic heterocycles. The Labute approximate surface area is 158 Å². The van der Waals surface area contributed by atoms with Gasteiger partial charge in [-0.2, -0.15) is 4.99 Å². The van der Waals surface area contributed by atoms with E-state index >= 15 is 0 Å². The standard InChI is InChI=1S/C21H24N2O4/c1-3-4-9-19(23-21(26)27-2)22-14-15-10-12-16(13-11-15)17-7-5-6-8-18(17)20(24)25/h5-8,10-13H,3-4,9,14H2,1-2H3,(H,24,25)(H,22,23,26). The van der Waals surface area contributed by atoms with E-state index in [9.17, 15) is 14.7 Å². The van der Waals surface area contributed by atoms with E-state index in [-0.39, 0.29) is 5.56 Å². The summed E-state index contributed by atoms with van der Waals surface area (Å²) in [5.74, 6) is -0.347. The molecule has 142 valence electrons. The number of carboxylic acids is 1. The molecule has 1 amide bonds. The predicted molar refractivity (Wildman–Crippen MR) is 105 cm³/mol. The first-order valence-corrected chi connectivity index (χ1v) is 8.86. The Morgan fingerprint density at radius 1 is 1.11 bits per heavy atom. The maximum atomic E-state index is 11.4. The fourth-order valence-corrected chi connectivity index (χ4v) is 2.61. The molecule has 0 unspecified atom stereocenters. The summed E-state index contributed by atoms with van der Waals surface area (Å²) in [6, 6.07) is 14.6. The van der Waals surface area contributed by atoms with Gasteiger partial charge < -0.3 is 15.2 Å². The Balaban J connectivity index is 2.10. The summed E-state index contributed by atoms with van der Waals surface area (Å²) in [5.41, 5.74) is 2.79. The second-order valence-corrected chi connectivity index (χ2v) is 6.03. The Kier molecular flexibility index (Phi) is 7.55. The molecule has 6 nitrogen and oxygen atoms in total. The zero-order valence-electron chi connectivity index (χ0n) is 15.6. The second-order valence-electron chi connectivity index (χ2n) is 6.03. The smallest absolute Gasteiger partial charge is 0.434 e. The molecular weight excluding hydrogens is 344 g/mol. The number of unbranched alkanes of at least 4 members (excludes halogenated alkanes) is 1. The second kappa shape index (κ2) is 10.1. The topological polar surface area (TPSA) is 88.0 Å². The quantitative estimate of drug-likeness (QED) is 0.555. The SMILES string of the molecule is CCCC/C(=N/C(=O)OC)NCc1ccc(-c2ccccc2C(=O)O)cc1. The highest BCUT2D eigenvalue weighted by Gasteiger charge is 2.10. The van der Waals surface area contributed by atoms with E-state index in [1.54, 1.807) is 18.2 Å². The van der Waals surface area contributed by atoms with Crippen LogP contribution in [0.5, 0.6) is 0 Å². The molecule has 0 fully saturated rings. The average Bonchev–Trinajstić information content (AvgIpc) is 2.70. The van der Waals surface area contributed by atoms with Gasteiger partial charge in [-0.25, -0.2) is 9.59 Å². The van der Waals surface area contributed by atoms with Gasteiger partial charge in [0.2, 0.25) is 0 Å². The van der Waals surface area contributed by atoms with E-state index in [0.29, 0.717) is 24.4 Å². The van der Waals surface area contributed by atoms with Crippen LogP contribution in [0.2, 0.25) is 0 Å². The third kappa shape index (κ3) is 5.95. The molecule has 0 aliphatic carbocycles. The van der Waals surface area contributed by atoms with Crippen molar-refractivity contribution in [2.45, 2.75) is 32.7 Å². The normalized spacial score (nSPS) is 11.1. The predicted octanol–water partition coefficient (Wildman–Crippen LogP) is 4.50. The first-order chi connectivity index (χ1) is 13.0. The number of benzene rings is 2. The third-order valence-corrected chi connectivity index (χ3v) is 4.09. The fourth-order valence-electron chi connectivity index (χ4n) is 2.61. The number of hydrogen-bond acceptors (Lipinski definition) is 3. The lowest BCUT2D eigenvalue weighted by Crippen LogP contribution is -2.24. The van der Waals surface area contributed by atoms with Gasteiger partial charge in [0.1, 0.15) is 5.84 Å². The fraction of sp³-hybridized carbons (Fsp3) is 0.286. The molecule has 2 rings (SSSR count). The van der Waals surface area contributed by atoms with Gasteiger partial charge in [-0.1, -0.05) is 55.8 Å². The van der Waals surface area contributed by atoms with Crippen LogP contribution in [-0.4, -0.2) is 30.1 Å². The van der Waals surface area contributed by atoms with E-state index in [4.69, 9.17) is 0 Å². The van der Waals surface area contributed by atoms with Crippen molar-refractivity contribution in [3.63, 3.8) is 0 Å². The number of rotatable bonds is 7. The van der Waals surface area contributed by atoms with Crippen molar-refractivity contribution in [2.75, 3.05) is 7.11 Å². The van der Waals surface area contributed by atoms with E-state index in [1.165, 1.54) is 7.11 Å². The van der Waals surface area contributed by atoms with Crippen LogP contribution in [0.3, 0.4) is 0 Å². The van der Waals surface area contributed by atoms with E-state index < -0.39 is 12.1 Å². The van der Waals surface area contributed by atoms with E-state index in [1.807, 2.05) is 30.3 Å². The van der Waals surface area contributed by atoms with Gasteiger partial charge in [0.15, 0.2) is 0 Å². The minimum atomic E-state index is -0.948. The Morgan fingerprint density at radius 2 is 1.81 bits per heavy atom. The highest BCUT2D eigenvalue weighted by Crippen LogP contribution is 2.24. The largest absolute Gasteiger partial charge is 0.478 e. The molecule has 27 heavy (non-hydrogen) atoms. The molecule has 2 aromatic carbocycles. The molecular formula is C21H24N2O4. The average molecular weight is 368 g/mol. The van der Waals surface area contributed by atoms with Crippen molar-refractivity contribution in [1.82, 2.24) is 5.32 Å². The van der Waals surface area contributed by atoms with Crippen LogP contribution >= 0.6 is 0 Å². The number of nitrogens with one attached hydrogen (secondary N) is 1. The van der Waals surface area contributed by atoms with Crippen LogP contribution in [0.25, 0.3) is 11.1 Å². The van der Waals surface area contributed by atoms with Gasteiger partial charge in [0.05, 0.1) is 12.7 Å². The van der Waals surface area contributed by atoms with Crippen molar-refractivity contribution in [1.29, 1.82) is 0 Å². The summed E-state index contributed by atoms with van der Waals surface area (Å²) < 4.78 is 4.59. The van der Waals surface area contributed by atoms with Gasteiger partial charge in [0.25, 0.3) is 0 Å². The Morgan fingerprint density at radius 3 is 2.44 bits per heavy atom. The number of amides is 1.